The summed E-state index contributed by atoms with van der Waals surface area (Å²) in [5.74, 6) is 1.87. The highest BCUT2D eigenvalue weighted by atomic mass is 32.2. The fourth-order valence-electron chi connectivity index (χ4n) is 2.35. The molecule has 1 aliphatic heterocycles. The average Bonchev–Trinajstić information content (AvgIpc) is 3.17. The van der Waals surface area contributed by atoms with Gasteiger partial charge in [-0.05, 0) is 30.7 Å². The molecule has 0 radical (unpaired) electrons. The molecule has 0 bridgehead atoms. The maximum Gasteiger partial charge on any atom is 0.191 e. The van der Waals surface area contributed by atoms with Crippen molar-refractivity contribution < 1.29 is 9.47 Å². The number of thioether (sulfide) groups is 1. The number of hydrogen-bond acceptors (Lipinski definition) is 6. The van der Waals surface area contributed by atoms with Gasteiger partial charge < -0.3 is 14.0 Å². The Morgan fingerprint density at radius 1 is 1.45 bits per heavy atom. The van der Waals surface area contributed by atoms with Crippen LogP contribution >= 0.6 is 23.1 Å². The first-order valence-corrected chi connectivity index (χ1v) is 9.46. The van der Waals surface area contributed by atoms with Gasteiger partial charge in [0.2, 0.25) is 0 Å². The fraction of sp³-hybridized carbons (Fsp3) is 0.600. The molecule has 5 nitrogen and oxygen atoms in total. The second kappa shape index (κ2) is 8.10. The predicted molar refractivity (Wildman–Crippen MR) is 88.4 cm³/mol. The summed E-state index contributed by atoms with van der Waals surface area (Å²) in [6.07, 6.45) is 4.20. The van der Waals surface area contributed by atoms with E-state index in [1.54, 1.807) is 23.1 Å². The third-order valence-electron chi connectivity index (χ3n) is 3.59. The van der Waals surface area contributed by atoms with E-state index in [9.17, 15) is 0 Å². The van der Waals surface area contributed by atoms with E-state index in [1.165, 1.54) is 11.3 Å². The minimum Gasteiger partial charge on any atom is -0.353 e. The highest BCUT2D eigenvalue weighted by Crippen LogP contribution is 2.20. The van der Waals surface area contributed by atoms with Crippen LogP contribution in [0.1, 0.15) is 30.0 Å². The Kier molecular flexibility index (Phi) is 5.89. The Balaban J connectivity index is 1.43. The van der Waals surface area contributed by atoms with Gasteiger partial charge in [-0.25, -0.2) is 0 Å². The van der Waals surface area contributed by atoms with E-state index in [1.807, 2.05) is 7.05 Å². The molecule has 0 amide bonds. The smallest absolute Gasteiger partial charge is 0.191 e. The predicted octanol–water partition coefficient (Wildman–Crippen LogP) is 3.10. The maximum absolute atomic E-state index is 5.74. The van der Waals surface area contributed by atoms with Gasteiger partial charge >= 0.3 is 0 Å². The van der Waals surface area contributed by atoms with Gasteiger partial charge in [0.15, 0.2) is 11.4 Å². The summed E-state index contributed by atoms with van der Waals surface area (Å²) in [4.78, 5) is 1.31. The van der Waals surface area contributed by atoms with E-state index in [4.69, 9.17) is 9.47 Å². The number of aromatic nitrogens is 3. The second-order valence-corrected chi connectivity index (χ2v) is 7.32. The summed E-state index contributed by atoms with van der Waals surface area (Å²) in [5.41, 5.74) is 0. The second-order valence-electron chi connectivity index (χ2n) is 5.23. The Bertz CT molecular complexity index is 565. The van der Waals surface area contributed by atoms with Gasteiger partial charge in [0.25, 0.3) is 0 Å². The monoisotopic (exact) mass is 339 g/mol. The van der Waals surface area contributed by atoms with E-state index >= 15 is 0 Å². The van der Waals surface area contributed by atoms with E-state index in [-0.39, 0.29) is 6.29 Å². The molecule has 1 fully saturated rings. The van der Waals surface area contributed by atoms with Crippen molar-refractivity contribution in [2.45, 2.75) is 37.1 Å². The van der Waals surface area contributed by atoms with E-state index in [2.05, 4.69) is 32.3 Å². The third-order valence-corrected chi connectivity index (χ3v) is 5.45. The van der Waals surface area contributed by atoms with Crippen LogP contribution in [0.15, 0.2) is 22.7 Å². The van der Waals surface area contributed by atoms with Crippen molar-refractivity contribution in [3.63, 3.8) is 0 Å². The van der Waals surface area contributed by atoms with Gasteiger partial charge in [-0.2, -0.15) is 0 Å². The summed E-state index contributed by atoms with van der Waals surface area (Å²) in [5, 5.41) is 11.6. The molecule has 0 aromatic carbocycles. The Morgan fingerprint density at radius 3 is 3.18 bits per heavy atom. The van der Waals surface area contributed by atoms with Crippen molar-refractivity contribution >= 4 is 23.1 Å². The van der Waals surface area contributed by atoms with Crippen molar-refractivity contribution in [1.82, 2.24) is 14.8 Å². The van der Waals surface area contributed by atoms with Crippen molar-refractivity contribution in [3.05, 3.63) is 28.2 Å². The van der Waals surface area contributed by atoms with Crippen LogP contribution in [0.2, 0.25) is 0 Å². The molecule has 0 unspecified atom stereocenters. The van der Waals surface area contributed by atoms with Crippen LogP contribution in [0.5, 0.6) is 0 Å². The van der Waals surface area contributed by atoms with E-state index < -0.39 is 0 Å². The molecule has 1 atom stereocenters. The normalized spacial score (nSPS) is 18.7. The molecule has 2 aromatic rings. The first-order valence-electron chi connectivity index (χ1n) is 7.59. The topological polar surface area (TPSA) is 49.2 Å². The highest BCUT2D eigenvalue weighted by molar-refractivity contribution is 7.99. The van der Waals surface area contributed by atoms with Crippen LogP contribution in [0.3, 0.4) is 0 Å². The molecular weight excluding hydrogens is 318 g/mol. The minimum absolute atomic E-state index is 0.0109. The number of hydrogen-bond donors (Lipinski definition) is 0. The van der Waals surface area contributed by atoms with Crippen LogP contribution in [-0.2, 0) is 22.9 Å². The number of thiophene rings is 1. The van der Waals surface area contributed by atoms with Crippen LogP contribution < -0.4 is 0 Å². The summed E-state index contributed by atoms with van der Waals surface area (Å²) in [6.45, 7) is 1.51. The van der Waals surface area contributed by atoms with E-state index in [0.717, 1.165) is 42.6 Å². The largest absolute Gasteiger partial charge is 0.353 e. The molecule has 3 rings (SSSR count). The van der Waals surface area contributed by atoms with Crippen molar-refractivity contribution in [2.75, 3.05) is 19.0 Å². The lowest BCUT2D eigenvalue weighted by Crippen LogP contribution is -2.23. The molecule has 22 heavy (non-hydrogen) atoms. The maximum atomic E-state index is 5.74. The minimum atomic E-state index is -0.0109. The summed E-state index contributed by atoms with van der Waals surface area (Å²) in [7, 11) is 2.02. The lowest BCUT2D eigenvalue weighted by atomic mass is 10.2. The number of nitrogens with zero attached hydrogens (tertiary/aromatic N) is 3. The molecular formula is C15H21N3O2S2. The van der Waals surface area contributed by atoms with Crippen LogP contribution in [-0.4, -0.2) is 40.0 Å². The van der Waals surface area contributed by atoms with Crippen LogP contribution in [0, 0.1) is 0 Å². The quantitative estimate of drug-likeness (QED) is 0.573. The average molecular weight is 339 g/mol. The summed E-state index contributed by atoms with van der Waals surface area (Å²) >= 11 is 3.43. The lowest BCUT2D eigenvalue weighted by molar-refractivity contribution is -0.158. The summed E-state index contributed by atoms with van der Waals surface area (Å²) in [6, 6.07) is 4.20. The molecule has 120 valence electrons. The van der Waals surface area contributed by atoms with E-state index in [0.29, 0.717) is 6.61 Å². The molecule has 0 spiro atoms. The number of ether oxygens (including phenoxy) is 2. The van der Waals surface area contributed by atoms with Gasteiger partial charge in [-0.15, -0.1) is 21.5 Å². The first-order chi connectivity index (χ1) is 10.8. The van der Waals surface area contributed by atoms with Crippen molar-refractivity contribution in [2.24, 2.45) is 7.05 Å². The standard InChI is InChI=1S/C15H21N3O2S2/c1-18-13(11-12-5-4-9-21-12)16-17-15(18)22-10-8-20-14-6-2-3-7-19-14/h4-5,9,14H,2-3,6-8,10-11H2,1H3/t14-/m1/s1. The third kappa shape index (κ3) is 4.32. The van der Waals surface area contributed by atoms with Crippen LogP contribution in [0.25, 0.3) is 0 Å². The van der Waals surface area contributed by atoms with Crippen molar-refractivity contribution in [1.29, 1.82) is 0 Å². The SMILES string of the molecule is Cn1c(Cc2cccs2)nnc1SCCO[C@@H]1CCCCO1. The molecule has 2 aromatic heterocycles. The summed E-state index contributed by atoms with van der Waals surface area (Å²) < 4.78 is 13.4. The molecule has 0 saturated carbocycles. The fourth-order valence-corrected chi connectivity index (χ4v) is 3.81. The van der Waals surface area contributed by atoms with Gasteiger partial charge in [-0.3, -0.25) is 0 Å². The Hall–Kier alpha value is -0.890. The zero-order valence-corrected chi connectivity index (χ0v) is 14.4. The van der Waals surface area contributed by atoms with Crippen LogP contribution in [0.4, 0.5) is 0 Å². The molecule has 3 heterocycles. The van der Waals surface area contributed by atoms with Crippen molar-refractivity contribution in [3.8, 4) is 0 Å². The van der Waals surface area contributed by atoms with Gasteiger partial charge in [0.1, 0.15) is 5.82 Å². The highest BCUT2D eigenvalue weighted by Gasteiger charge is 2.14. The zero-order valence-electron chi connectivity index (χ0n) is 12.7. The van der Waals surface area contributed by atoms with Gasteiger partial charge in [0, 0.05) is 30.7 Å². The molecule has 7 heteroatoms. The molecule has 0 aliphatic carbocycles. The molecule has 0 N–H and O–H groups in total. The molecule has 1 saturated heterocycles. The van der Waals surface area contributed by atoms with Gasteiger partial charge in [-0.1, -0.05) is 17.8 Å². The lowest BCUT2D eigenvalue weighted by Gasteiger charge is -2.22. The molecule has 1 aliphatic rings. The zero-order chi connectivity index (χ0) is 15.2. The number of rotatable bonds is 7. The Morgan fingerprint density at radius 2 is 2.41 bits per heavy atom. The Labute approximate surface area is 139 Å². The van der Waals surface area contributed by atoms with Gasteiger partial charge in [0.05, 0.1) is 6.61 Å². The first kappa shape index (κ1) is 16.0.